The van der Waals surface area contributed by atoms with Crippen molar-refractivity contribution >= 4 is 27.3 Å². The van der Waals surface area contributed by atoms with Gasteiger partial charge in [0.05, 0.1) is 15.6 Å². The average Bonchev–Trinajstić information content (AvgIpc) is 3.04. The molecule has 0 atom stereocenters. The molecule has 4 aromatic rings. The number of sulfonamides is 1. The predicted molar refractivity (Wildman–Crippen MR) is 122 cm³/mol. The molecule has 0 unspecified atom stereocenters. The minimum atomic E-state index is -3.94. The summed E-state index contributed by atoms with van der Waals surface area (Å²) in [6.45, 7) is 5.88. The second-order valence-corrected chi connectivity index (χ2v) is 9.32. The van der Waals surface area contributed by atoms with Crippen molar-refractivity contribution in [1.29, 1.82) is 0 Å². The number of rotatable bonds is 6. The Balaban J connectivity index is 1.50. The van der Waals surface area contributed by atoms with Gasteiger partial charge >= 0.3 is 0 Å². The molecule has 8 nitrogen and oxygen atoms in total. The minimum absolute atomic E-state index is 0.151. The first-order valence-electron chi connectivity index (χ1n) is 9.75. The number of aryl methyl sites for hydroxylation is 1. The van der Waals surface area contributed by atoms with Crippen LogP contribution in [0.2, 0.25) is 5.02 Å². The molecule has 0 fully saturated rings. The molecular weight excluding hydrogens is 469 g/mol. The van der Waals surface area contributed by atoms with E-state index in [0.717, 1.165) is 35.2 Å². The molecule has 4 rings (SSSR count). The molecular formula is C22H19ClFN5O3S. The quantitative estimate of drug-likeness (QED) is 0.412. The van der Waals surface area contributed by atoms with Crippen LogP contribution in [0.25, 0.3) is 5.82 Å². The Bertz CT molecular complexity index is 1440. The second-order valence-electron chi connectivity index (χ2n) is 7.23. The van der Waals surface area contributed by atoms with E-state index in [9.17, 15) is 12.8 Å². The number of benzene rings is 2. The van der Waals surface area contributed by atoms with Crippen LogP contribution < -0.4 is 9.46 Å². The van der Waals surface area contributed by atoms with Crippen molar-refractivity contribution in [2.45, 2.75) is 25.7 Å². The Morgan fingerprint density at radius 2 is 1.76 bits per heavy atom. The molecule has 33 heavy (non-hydrogen) atoms. The Morgan fingerprint density at radius 1 is 1.03 bits per heavy atom. The molecule has 0 aliphatic heterocycles. The SMILES string of the molecule is Cc1nn(-c2cc(Oc3ccc(NS(=O)(=O)c4ccc(F)c(Cl)c4)cc3)ncn2)c(C)c1C. The summed E-state index contributed by atoms with van der Waals surface area (Å²) in [7, 11) is -3.94. The predicted octanol–water partition coefficient (Wildman–Crippen LogP) is 4.97. The highest BCUT2D eigenvalue weighted by Crippen LogP contribution is 2.26. The summed E-state index contributed by atoms with van der Waals surface area (Å²) in [5, 5.41) is 4.21. The zero-order chi connectivity index (χ0) is 23.8. The third kappa shape index (κ3) is 4.81. The van der Waals surface area contributed by atoms with E-state index < -0.39 is 15.8 Å². The van der Waals surface area contributed by atoms with E-state index in [1.165, 1.54) is 18.5 Å². The maximum Gasteiger partial charge on any atom is 0.261 e. The minimum Gasteiger partial charge on any atom is -0.439 e. The maximum atomic E-state index is 13.3. The summed E-state index contributed by atoms with van der Waals surface area (Å²) in [4.78, 5) is 8.24. The van der Waals surface area contributed by atoms with Crippen LogP contribution in [0, 0.1) is 26.6 Å². The summed E-state index contributed by atoms with van der Waals surface area (Å²) in [6, 6.07) is 11.1. The number of hydrogen-bond acceptors (Lipinski definition) is 6. The zero-order valence-corrected chi connectivity index (χ0v) is 19.4. The van der Waals surface area contributed by atoms with Crippen LogP contribution in [-0.2, 0) is 10.0 Å². The van der Waals surface area contributed by atoms with Gasteiger partial charge in [-0.1, -0.05) is 11.6 Å². The number of ether oxygens (including phenoxy) is 1. The molecule has 1 N–H and O–H groups in total. The fourth-order valence-corrected chi connectivity index (χ4v) is 4.34. The molecule has 0 aliphatic rings. The fraction of sp³-hybridized carbons (Fsp3) is 0.136. The first-order valence-corrected chi connectivity index (χ1v) is 11.6. The molecule has 0 bridgehead atoms. The van der Waals surface area contributed by atoms with Crippen molar-refractivity contribution in [1.82, 2.24) is 19.7 Å². The highest BCUT2D eigenvalue weighted by atomic mass is 35.5. The van der Waals surface area contributed by atoms with E-state index in [4.69, 9.17) is 16.3 Å². The van der Waals surface area contributed by atoms with Crippen molar-refractivity contribution in [3.05, 3.63) is 82.6 Å². The fourth-order valence-electron chi connectivity index (χ4n) is 3.02. The van der Waals surface area contributed by atoms with Crippen LogP contribution in [-0.4, -0.2) is 28.2 Å². The monoisotopic (exact) mass is 487 g/mol. The molecule has 2 heterocycles. The van der Waals surface area contributed by atoms with Gasteiger partial charge in [0, 0.05) is 17.4 Å². The van der Waals surface area contributed by atoms with Crippen LogP contribution in [0.15, 0.2) is 59.8 Å². The second kappa shape index (κ2) is 8.80. The van der Waals surface area contributed by atoms with Crippen molar-refractivity contribution < 1.29 is 17.5 Å². The van der Waals surface area contributed by atoms with Gasteiger partial charge in [0.2, 0.25) is 5.88 Å². The molecule has 170 valence electrons. The summed E-state index contributed by atoms with van der Waals surface area (Å²) in [6.07, 6.45) is 1.38. The molecule has 2 aromatic heterocycles. The van der Waals surface area contributed by atoms with Crippen LogP contribution in [0.5, 0.6) is 11.6 Å². The van der Waals surface area contributed by atoms with Gasteiger partial charge in [0.1, 0.15) is 17.9 Å². The topological polar surface area (TPSA) is 99.0 Å². The summed E-state index contributed by atoms with van der Waals surface area (Å²) >= 11 is 5.69. The molecule has 0 radical (unpaired) electrons. The lowest BCUT2D eigenvalue weighted by atomic mass is 10.2. The number of aromatic nitrogens is 4. The maximum absolute atomic E-state index is 13.3. The third-order valence-electron chi connectivity index (χ3n) is 5.03. The van der Waals surface area contributed by atoms with Crippen molar-refractivity contribution in [2.24, 2.45) is 0 Å². The zero-order valence-electron chi connectivity index (χ0n) is 17.9. The van der Waals surface area contributed by atoms with Gasteiger partial charge in [-0.25, -0.2) is 27.5 Å². The van der Waals surface area contributed by atoms with E-state index >= 15 is 0 Å². The molecule has 2 aromatic carbocycles. The summed E-state index contributed by atoms with van der Waals surface area (Å²) in [5.41, 5.74) is 3.26. The smallest absolute Gasteiger partial charge is 0.261 e. The molecule has 0 aliphatic carbocycles. The van der Waals surface area contributed by atoms with Crippen molar-refractivity contribution in [3.8, 4) is 17.4 Å². The lowest BCUT2D eigenvalue weighted by Crippen LogP contribution is -2.13. The average molecular weight is 488 g/mol. The Kier molecular flexibility index (Phi) is 6.05. The van der Waals surface area contributed by atoms with Gasteiger partial charge in [-0.05, 0) is 68.8 Å². The Morgan fingerprint density at radius 3 is 2.39 bits per heavy atom. The number of nitrogens with one attached hydrogen (secondary N) is 1. The van der Waals surface area contributed by atoms with Crippen LogP contribution >= 0.6 is 11.6 Å². The lowest BCUT2D eigenvalue weighted by Gasteiger charge is -2.10. The van der Waals surface area contributed by atoms with E-state index in [-0.39, 0.29) is 9.92 Å². The summed E-state index contributed by atoms with van der Waals surface area (Å²) < 4.78 is 48.3. The van der Waals surface area contributed by atoms with Gasteiger partial charge in [-0.15, -0.1) is 0 Å². The van der Waals surface area contributed by atoms with E-state index in [1.54, 1.807) is 22.9 Å². The number of nitrogens with zero attached hydrogens (tertiary/aromatic N) is 4. The molecule has 11 heteroatoms. The summed E-state index contributed by atoms with van der Waals surface area (Å²) in [5.74, 6) is 0.616. The molecule has 0 amide bonds. The first-order chi connectivity index (χ1) is 15.6. The van der Waals surface area contributed by atoms with Gasteiger partial charge in [-0.3, -0.25) is 4.72 Å². The normalized spacial score (nSPS) is 11.4. The Labute approximate surface area is 195 Å². The Hall–Kier alpha value is -3.50. The standard InChI is InChI=1S/C22H19ClFN5O3S/c1-13-14(2)27-29(15(13)3)21-11-22(26-12-25-21)32-17-6-4-16(5-7-17)28-33(30,31)18-8-9-20(24)19(23)10-18/h4-12,28H,1-3H3. The van der Waals surface area contributed by atoms with Crippen molar-refractivity contribution in [3.63, 3.8) is 0 Å². The third-order valence-corrected chi connectivity index (χ3v) is 6.70. The first kappa shape index (κ1) is 22.7. The van der Waals surface area contributed by atoms with Crippen LogP contribution in [0.4, 0.5) is 10.1 Å². The van der Waals surface area contributed by atoms with Gasteiger partial charge < -0.3 is 4.74 Å². The van der Waals surface area contributed by atoms with E-state index in [2.05, 4.69) is 19.8 Å². The highest BCUT2D eigenvalue weighted by Gasteiger charge is 2.16. The molecule has 0 spiro atoms. The highest BCUT2D eigenvalue weighted by molar-refractivity contribution is 7.92. The number of hydrogen-bond donors (Lipinski definition) is 1. The number of anilines is 1. The van der Waals surface area contributed by atoms with Gasteiger partial charge in [0.15, 0.2) is 5.82 Å². The largest absolute Gasteiger partial charge is 0.439 e. The lowest BCUT2D eigenvalue weighted by molar-refractivity contribution is 0.460. The van der Waals surface area contributed by atoms with Crippen LogP contribution in [0.3, 0.4) is 0 Å². The molecule has 0 saturated heterocycles. The van der Waals surface area contributed by atoms with E-state index in [0.29, 0.717) is 23.1 Å². The van der Waals surface area contributed by atoms with Crippen LogP contribution in [0.1, 0.15) is 17.0 Å². The molecule has 0 saturated carbocycles. The number of halogens is 2. The van der Waals surface area contributed by atoms with Crippen molar-refractivity contribution in [2.75, 3.05) is 4.72 Å². The van der Waals surface area contributed by atoms with Gasteiger partial charge in [0.25, 0.3) is 10.0 Å². The van der Waals surface area contributed by atoms with E-state index in [1.807, 2.05) is 20.8 Å². The van der Waals surface area contributed by atoms with Gasteiger partial charge in [-0.2, -0.15) is 5.10 Å².